The minimum absolute atomic E-state index is 0.675. The van der Waals surface area contributed by atoms with Gasteiger partial charge < -0.3 is 14.3 Å². The Hall–Kier alpha value is -1.97. The number of rotatable bonds is 3. The van der Waals surface area contributed by atoms with Crippen LogP contribution in [0.15, 0.2) is 28.9 Å². The highest BCUT2D eigenvalue weighted by molar-refractivity contribution is 5.91. The molecule has 0 radical (unpaired) electrons. The fraction of sp³-hybridized carbons (Fsp3) is 0.400. The summed E-state index contributed by atoms with van der Waals surface area (Å²) in [5.74, 6) is -0.0378. The van der Waals surface area contributed by atoms with Gasteiger partial charge in [0, 0.05) is 10.9 Å². The van der Waals surface area contributed by atoms with Crippen LogP contribution in [-0.4, -0.2) is 18.2 Å². The van der Waals surface area contributed by atoms with Gasteiger partial charge in [-0.05, 0) is 31.0 Å². The molecule has 1 aliphatic rings. The molecule has 3 rings (SSSR count). The summed E-state index contributed by atoms with van der Waals surface area (Å²) in [6.45, 7) is 0. The normalized spacial score (nSPS) is 17.7. The molecule has 2 aromatic rings. The smallest absolute Gasteiger partial charge is 0.314 e. The second kappa shape index (κ2) is 4.30. The Balaban J connectivity index is 2.21. The standard InChI is InChI=1S/C15H16O4/c1-18-10-4-5-13-11(8-10)12(9-19-13)15(14(16)17)6-2-3-7-15/h4-5,8-9H,2-3,6-7H2,1H3,(H,16,17). The van der Waals surface area contributed by atoms with Crippen molar-refractivity contribution in [3.05, 3.63) is 30.0 Å². The van der Waals surface area contributed by atoms with Crippen LogP contribution in [-0.2, 0) is 10.2 Å². The van der Waals surface area contributed by atoms with E-state index in [4.69, 9.17) is 9.15 Å². The molecule has 0 unspecified atom stereocenters. The minimum Gasteiger partial charge on any atom is -0.497 e. The largest absolute Gasteiger partial charge is 0.497 e. The number of ether oxygens (including phenoxy) is 1. The third-order valence-electron chi connectivity index (χ3n) is 4.16. The van der Waals surface area contributed by atoms with Gasteiger partial charge in [-0.2, -0.15) is 0 Å². The van der Waals surface area contributed by atoms with Crippen molar-refractivity contribution in [1.29, 1.82) is 0 Å². The van der Waals surface area contributed by atoms with Crippen LogP contribution < -0.4 is 4.74 Å². The Bertz CT molecular complexity index is 620. The van der Waals surface area contributed by atoms with Crippen molar-refractivity contribution in [3.63, 3.8) is 0 Å². The zero-order valence-electron chi connectivity index (χ0n) is 10.8. The first-order valence-corrected chi connectivity index (χ1v) is 6.46. The first kappa shape index (κ1) is 12.1. The zero-order chi connectivity index (χ0) is 13.5. The van der Waals surface area contributed by atoms with Crippen molar-refractivity contribution in [1.82, 2.24) is 0 Å². The van der Waals surface area contributed by atoms with Gasteiger partial charge in [0.25, 0.3) is 0 Å². The topological polar surface area (TPSA) is 59.7 Å². The van der Waals surface area contributed by atoms with E-state index in [2.05, 4.69) is 0 Å². The average molecular weight is 260 g/mol. The van der Waals surface area contributed by atoms with Crippen molar-refractivity contribution in [2.75, 3.05) is 7.11 Å². The summed E-state index contributed by atoms with van der Waals surface area (Å²) in [6, 6.07) is 5.50. The van der Waals surface area contributed by atoms with E-state index in [0.29, 0.717) is 24.2 Å². The Morgan fingerprint density at radius 3 is 2.74 bits per heavy atom. The summed E-state index contributed by atoms with van der Waals surface area (Å²) < 4.78 is 10.7. The van der Waals surface area contributed by atoms with Crippen LogP contribution in [0.25, 0.3) is 11.0 Å². The predicted octanol–water partition coefficient (Wildman–Crippen LogP) is 3.34. The highest BCUT2D eigenvalue weighted by Gasteiger charge is 2.44. The second-order valence-corrected chi connectivity index (χ2v) is 5.11. The maximum Gasteiger partial charge on any atom is 0.314 e. The van der Waals surface area contributed by atoms with Gasteiger partial charge in [0.2, 0.25) is 0 Å². The molecular weight excluding hydrogens is 244 g/mol. The summed E-state index contributed by atoms with van der Waals surface area (Å²) in [6.07, 6.45) is 4.85. The van der Waals surface area contributed by atoms with Gasteiger partial charge in [0.15, 0.2) is 0 Å². The molecule has 1 aromatic carbocycles. The molecule has 4 nitrogen and oxygen atoms in total. The molecule has 0 amide bonds. The number of furan rings is 1. The monoisotopic (exact) mass is 260 g/mol. The lowest BCUT2D eigenvalue weighted by molar-refractivity contribution is -0.143. The van der Waals surface area contributed by atoms with Gasteiger partial charge in [-0.25, -0.2) is 0 Å². The fourth-order valence-electron chi connectivity index (χ4n) is 3.08. The summed E-state index contributed by atoms with van der Waals surface area (Å²) in [5, 5.41) is 10.5. The molecule has 1 saturated carbocycles. The van der Waals surface area contributed by atoms with E-state index < -0.39 is 11.4 Å². The molecule has 0 aliphatic heterocycles. The average Bonchev–Trinajstić information content (AvgIpc) is 3.04. The number of carboxylic acid groups (broad SMARTS) is 1. The van der Waals surface area contributed by atoms with Gasteiger partial charge in [0.05, 0.1) is 18.8 Å². The van der Waals surface area contributed by atoms with Crippen LogP contribution >= 0.6 is 0 Å². The SMILES string of the molecule is COc1ccc2occ(C3(C(=O)O)CCCC3)c2c1. The van der Waals surface area contributed by atoms with E-state index in [1.807, 2.05) is 18.2 Å². The molecule has 0 atom stereocenters. The van der Waals surface area contributed by atoms with Gasteiger partial charge in [-0.3, -0.25) is 4.79 Å². The Morgan fingerprint density at radius 2 is 2.11 bits per heavy atom. The van der Waals surface area contributed by atoms with E-state index in [-0.39, 0.29) is 0 Å². The summed E-state index contributed by atoms with van der Waals surface area (Å²) in [4.78, 5) is 11.7. The van der Waals surface area contributed by atoms with Crippen LogP contribution in [0.1, 0.15) is 31.2 Å². The molecule has 1 heterocycles. The molecule has 100 valence electrons. The van der Waals surface area contributed by atoms with Crippen molar-refractivity contribution in [2.24, 2.45) is 0 Å². The lowest BCUT2D eigenvalue weighted by atomic mass is 9.79. The van der Waals surface area contributed by atoms with Crippen LogP contribution in [0.3, 0.4) is 0 Å². The van der Waals surface area contributed by atoms with Crippen molar-refractivity contribution < 1.29 is 19.1 Å². The maximum absolute atomic E-state index is 11.7. The van der Waals surface area contributed by atoms with E-state index in [0.717, 1.165) is 23.8 Å². The molecule has 1 aliphatic carbocycles. The van der Waals surface area contributed by atoms with Crippen molar-refractivity contribution in [2.45, 2.75) is 31.1 Å². The first-order chi connectivity index (χ1) is 9.17. The van der Waals surface area contributed by atoms with Gasteiger partial charge >= 0.3 is 5.97 Å². The number of fused-ring (bicyclic) bond motifs is 1. The minimum atomic E-state index is -0.794. The van der Waals surface area contributed by atoms with Gasteiger partial charge in [0.1, 0.15) is 11.3 Å². The fourth-order valence-corrected chi connectivity index (χ4v) is 3.08. The molecular formula is C15H16O4. The molecule has 0 saturated heterocycles. The number of hydrogen-bond acceptors (Lipinski definition) is 3. The molecule has 1 fully saturated rings. The van der Waals surface area contributed by atoms with Crippen LogP contribution in [0.2, 0.25) is 0 Å². The second-order valence-electron chi connectivity index (χ2n) is 5.11. The summed E-state index contributed by atoms with van der Waals surface area (Å²) in [5.41, 5.74) is 0.701. The van der Waals surface area contributed by atoms with E-state index in [9.17, 15) is 9.90 Å². The molecule has 0 spiro atoms. The molecule has 1 N–H and O–H groups in total. The Morgan fingerprint density at radius 1 is 1.37 bits per heavy atom. The number of carbonyl (C=O) groups is 1. The number of aliphatic carboxylic acids is 1. The summed E-state index contributed by atoms with van der Waals surface area (Å²) >= 11 is 0. The zero-order valence-corrected chi connectivity index (χ0v) is 10.8. The maximum atomic E-state index is 11.7. The first-order valence-electron chi connectivity index (χ1n) is 6.46. The highest BCUT2D eigenvalue weighted by Crippen LogP contribution is 2.45. The number of carboxylic acids is 1. The van der Waals surface area contributed by atoms with E-state index in [1.165, 1.54) is 0 Å². The Labute approximate surface area is 111 Å². The van der Waals surface area contributed by atoms with Gasteiger partial charge in [-0.1, -0.05) is 12.8 Å². The number of methoxy groups -OCH3 is 1. The molecule has 0 bridgehead atoms. The van der Waals surface area contributed by atoms with Crippen LogP contribution in [0.4, 0.5) is 0 Å². The highest BCUT2D eigenvalue weighted by atomic mass is 16.5. The molecule has 4 heteroatoms. The van der Waals surface area contributed by atoms with E-state index >= 15 is 0 Å². The number of benzene rings is 1. The van der Waals surface area contributed by atoms with Crippen LogP contribution in [0.5, 0.6) is 5.75 Å². The predicted molar refractivity (Wildman–Crippen MR) is 70.5 cm³/mol. The summed E-state index contributed by atoms with van der Waals surface area (Å²) in [7, 11) is 1.60. The van der Waals surface area contributed by atoms with E-state index in [1.54, 1.807) is 13.4 Å². The molecule has 1 aromatic heterocycles. The lowest BCUT2D eigenvalue weighted by Gasteiger charge is -2.22. The molecule has 19 heavy (non-hydrogen) atoms. The number of hydrogen-bond donors (Lipinski definition) is 1. The third-order valence-corrected chi connectivity index (χ3v) is 4.16. The van der Waals surface area contributed by atoms with Crippen molar-refractivity contribution >= 4 is 16.9 Å². The lowest BCUT2D eigenvalue weighted by Crippen LogP contribution is -2.32. The van der Waals surface area contributed by atoms with Crippen LogP contribution in [0, 0.1) is 0 Å². The quantitative estimate of drug-likeness (QED) is 0.919. The van der Waals surface area contributed by atoms with Gasteiger partial charge in [-0.15, -0.1) is 0 Å². The Kier molecular flexibility index (Phi) is 2.73. The third kappa shape index (κ3) is 1.70. The van der Waals surface area contributed by atoms with Crippen molar-refractivity contribution in [3.8, 4) is 5.75 Å².